The smallest absolute Gasteiger partial charge is 0.337 e. The molecule has 0 saturated heterocycles. The number of rotatable bonds is 5. The molecule has 0 saturated carbocycles. The highest BCUT2D eigenvalue weighted by Gasteiger charge is 2.19. The van der Waals surface area contributed by atoms with Crippen LogP contribution in [0, 0.1) is 11.6 Å². The van der Waals surface area contributed by atoms with Crippen LogP contribution >= 0.6 is 0 Å². The molecule has 0 spiro atoms. The van der Waals surface area contributed by atoms with Crippen molar-refractivity contribution in [1.29, 1.82) is 0 Å². The van der Waals surface area contributed by atoms with Crippen LogP contribution in [-0.2, 0) is 0 Å². The van der Waals surface area contributed by atoms with Gasteiger partial charge in [0.25, 0.3) is 0 Å². The molecule has 3 nitrogen and oxygen atoms in total. The lowest BCUT2D eigenvalue weighted by atomic mass is 10.1. The van der Waals surface area contributed by atoms with E-state index in [1.54, 1.807) is 0 Å². The number of hydrogen-bond donors (Lipinski definition) is 2. The van der Waals surface area contributed by atoms with E-state index >= 15 is 0 Å². The van der Waals surface area contributed by atoms with Crippen molar-refractivity contribution in [3.63, 3.8) is 0 Å². The summed E-state index contributed by atoms with van der Waals surface area (Å²) in [6.07, 6.45) is 2.29. The van der Waals surface area contributed by atoms with E-state index < -0.39 is 34.7 Å². The van der Waals surface area contributed by atoms with Crippen molar-refractivity contribution < 1.29 is 23.1 Å². The lowest BCUT2D eigenvalue weighted by Gasteiger charge is -2.12. The van der Waals surface area contributed by atoms with Gasteiger partial charge in [0.1, 0.15) is 5.83 Å². The Morgan fingerprint density at radius 1 is 1.37 bits per heavy atom. The third-order valence-electron chi connectivity index (χ3n) is 2.16. The molecule has 0 heterocycles. The molecule has 2 N–H and O–H groups in total. The van der Waals surface area contributed by atoms with E-state index in [2.05, 4.69) is 18.5 Å². The third kappa shape index (κ3) is 3.25. The minimum Gasteiger partial charge on any atom is -0.478 e. The maximum atomic E-state index is 13.6. The van der Waals surface area contributed by atoms with Gasteiger partial charge >= 0.3 is 5.97 Å². The van der Waals surface area contributed by atoms with Gasteiger partial charge in [0, 0.05) is 0 Å². The van der Waals surface area contributed by atoms with E-state index in [4.69, 9.17) is 5.11 Å². The van der Waals surface area contributed by atoms with Crippen LogP contribution in [0.2, 0.25) is 0 Å². The zero-order chi connectivity index (χ0) is 14.6. The summed E-state index contributed by atoms with van der Waals surface area (Å²) in [5, 5.41) is 11.0. The molecule has 1 rings (SSSR count). The van der Waals surface area contributed by atoms with Crippen molar-refractivity contribution >= 4 is 11.7 Å². The quantitative estimate of drug-likeness (QED) is 0.802. The van der Waals surface area contributed by atoms with Crippen LogP contribution in [0.3, 0.4) is 0 Å². The van der Waals surface area contributed by atoms with Crippen LogP contribution in [-0.4, -0.2) is 11.1 Å². The summed E-state index contributed by atoms with van der Waals surface area (Å²) >= 11 is 0. The molecule has 0 amide bonds. The van der Waals surface area contributed by atoms with Gasteiger partial charge in [-0.15, -0.1) is 0 Å². The van der Waals surface area contributed by atoms with Gasteiger partial charge in [-0.2, -0.15) is 0 Å². The van der Waals surface area contributed by atoms with Gasteiger partial charge in [-0.3, -0.25) is 0 Å². The van der Waals surface area contributed by atoms with Crippen LogP contribution in [0.15, 0.2) is 49.0 Å². The van der Waals surface area contributed by atoms with E-state index in [9.17, 15) is 18.0 Å². The average Bonchev–Trinajstić information content (AvgIpc) is 2.33. The number of carboxylic acid groups (broad SMARTS) is 1. The Morgan fingerprint density at radius 3 is 2.47 bits per heavy atom. The van der Waals surface area contributed by atoms with Crippen molar-refractivity contribution in [2.24, 2.45) is 0 Å². The van der Waals surface area contributed by atoms with Crippen LogP contribution in [0.4, 0.5) is 18.9 Å². The Balaban J connectivity index is 3.36. The summed E-state index contributed by atoms with van der Waals surface area (Å²) in [6.45, 7) is 6.30. The Labute approximate surface area is 107 Å². The number of nitrogens with one attached hydrogen (secondary N) is 1. The summed E-state index contributed by atoms with van der Waals surface area (Å²) < 4.78 is 39.7. The zero-order valence-electron chi connectivity index (χ0n) is 9.71. The van der Waals surface area contributed by atoms with E-state index in [1.807, 2.05) is 0 Å². The first-order valence-electron chi connectivity index (χ1n) is 5.04. The molecular weight excluding hydrogens is 259 g/mol. The third-order valence-corrected chi connectivity index (χ3v) is 2.16. The van der Waals surface area contributed by atoms with Gasteiger partial charge < -0.3 is 10.4 Å². The zero-order valence-corrected chi connectivity index (χ0v) is 9.71. The highest BCUT2D eigenvalue weighted by molar-refractivity contribution is 5.94. The molecule has 6 heteroatoms. The second kappa shape index (κ2) is 5.90. The fraction of sp³-hybridized carbons (Fsp3) is 0. The summed E-state index contributed by atoms with van der Waals surface area (Å²) in [4.78, 5) is 10.9. The molecule has 0 atom stereocenters. The summed E-state index contributed by atoms with van der Waals surface area (Å²) in [6, 6.07) is 1.54. The molecule has 100 valence electrons. The maximum Gasteiger partial charge on any atom is 0.337 e. The van der Waals surface area contributed by atoms with Gasteiger partial charge in [0.05, 0.1) is 16.9 Å². The molecule has 1 aromatic carbocycles. The standard InChI is InChI=1S/C13H10F3NO2/c1-3-4-10(7(2)14)17-12-8(13(18)19)5-6-9(15)11(12)16/h3-6,17H,1-2H2,(H,18,19)/b10-4+. The van der Waals surface area contributed by atoms with Crippen molar-refractivity contribution in [1.82, 2.24) is 0 Å². The molecule has 0 aromatic heterocycles. The number of allylic oxidation sites excluding steroid dienone is 3. The van der Waals surface area contributed by atoms with Crippen molar-refractivity contribution in [3.8, 4) is 0 Å². The Morgan fingerprint density at radius 2 is 2.00 bits per heavy atom. The van der Waals surface area contributed by atoms with Gasteiger partial charge in [-0.1, -0.05) is 19.2 Å². The topological polar surface area (TPSA) is 49.3 Å². The first-order chi connectivity index (χ1) is 8.88. The number of anilines is 1. The predicted octanol–water partition coefficient (Wildman–Crippen LogP) is 3.63. The summed E-state index contributed by atoms with van der Waals surface area (Å²) in [7, 11) is 0. The molecule has 0 aliphatic carbocycles. The minimum absolute atomic E-state index is 0.318. The van der Waals surface area contributed by atoms with E-state index in [0.29, 0.717) is 6.07 Å². The van der Waals surface area contributed by atoms with Crippen LogP contribution < -0.4 is 5.32 Å². The lowest BCUT2D eigenvalue weighted by molar-refractivity contribution is 0.0697. The molecule has 0 unspecified atom stereocenters. The minimum atomic E-state index is -1.48. The van der Waals surface area contributed by atoms with Gasteiger partial charge in [-0.25, -0.2) is 18.0 Å². The number of aromatic carboxylic acids is 1. The van der Waals surface area contributed by atoms with E-state index in [-0.39, 0.29) is 5.70 Å². The number of halogens is 3. The van der Waals surface area contributed by atoms with Crippen LogP contribution in [0.1, 0.15) is 10.4 Å². The highest BCUT2D eigenvalue weighted by atomic mass is 19.2. The number of hydrogen-bond acceptors (Lipinski definition) is 2. The molecule has 0 fully saturated rings. The fourth-order valence-electron chi connectivity index (χ4n) is 1.30. The van der Waals surface area contributed by atoms with Crippen LogP contribution in [0.25, 0.3) is 0 Å². The number of carbonyl (C=O) groups is 1. The molecule has 0 bridgehead atoms. The maximum absolute atomic E-state index is 13.6. The molecule has 1 aromatic rings. The van der Waals surface area contributed by atoms with Gasteiger partial charge in [0.15, 0.2) is 11.6 Å². The summed E-state index contributed by atoms with van der Waals surface area (Å²) in [5.74, 6) is -5.13. The second-order valence-electron chi connectivity index (χ2n) is 3.44. The SMILES string of the molecule is C=C/C=C(/Nc1c(C(=O)O)ccc(F)c1F)C(=C)F. The highest BCUT2D eigenvalue weighted by Crippen LogP contribution is 2.26. The van der Waals surface area contributed by atoms with E-state index in [1.165, 1.54) is 6.08 Å². The Kier molecular flexibility index (Phi) is 4.52. The normalized spacial score (nSPS) is 11.0. The predicted molar refractivity (Wildman–Crippen MR) is 65.5 cm³/mol. The van der Waals surface area contributed by atoms with E-state index in [0.717, 1.165) is 12.1 Å². The molecule has 0 aliphatic rings. The van der Waals surface area contributed by atoms with Crippen LogP contribution in [0.5, 0.6) is 0 Å². The monoisotopic (exact) mass is 269 g/mol. The van der Waals surface area contributed by atoms with Crippen molar-refractivity contribution in [3.05, 3.63) is 66.2 Å². The average molecular weight is 269 g/mol. The first kappa shape index (κ1) is 14.6. The molecule has 0 radical (unpaired) electrons. The van der Waals surface area contributed by atoms with Gasteiger partial charge in [-0.05, 0) is 18.2 Å². The number of carboxylic acids is 1. The Bertz CT molecular complexity index is 579. The summed E-state index contributed by atoms with van der Waals surface area (Å²) in [5.41, 5.74) is -1.53. The van der Waals surface area contributed by atoms with Crippen molar-refractivity contribution in [2.45, 2.75) is 0 Å². The fourth-order valence-corrected chi connectivity index (χ4v) is 1.30. The molecular formula is C13H10F3NO2. The second-order valence-corrected chi connectivity index (χ2v) is 3.44. The molecule has 19 heavy (non-hydrogen) atoms. The Hall–Kier alpha value is -2.50. The lowest BCUT2D eigenvalue weighted by Crippen LogP contribution is -2.10. The van der Waals surface area contributed by atoms with Crippen molar-refractivity contribution in [2.75, 3.05) is 5.32 Å². The van der Waals surface area contributed by atoms with Gasteiger partial charge in [0.2, 0.25) is 0 Å². The number of benzene rings is 1. The largest absolute Gasteiger partial charge is 0.478 e. The molecule has 0 aliphatic heterocycles. The first-order valence-corrected chi connectivity index (χ1v) is 5.04.